The Hall–Kier alpha value is -1.68. The number of hydrogen-bond donors (Lipinski definition) is 1. The average molecular weight is 236 g/mol. The molecule has 2 aromatic heterocycles. The van der Waals surface area contributed by atoms with Crippen LogP contribution in [0.5, 0.6) is 0 Å². The molecule has 0 amide bonds. The topological polar surface area (TPSA) is 41.6 Å². The first kappa shape index (κ1) is 9.54. The number of hydrogen-bond acceptors (Lipinski definition) is 2. The van der Waals surface area contributed by atoms with Crippen molar-refractivity contribution in [3.63, 3.8) is 0 Å². The Labute approximate surface area is 95.3 Å². The van der Waals surface area contributed by atoms with E-state index < -0.39 is 0 Å². The van der Waals surface area contributed by atoms with Gasteiger partial charge < -0.3 is 4.98 Å². The molecule has 0 aliphatic heterocycles. The normalized spacial score (nSPS) is 11.4. The molecule has 0 fully saturated rings. The number of aromatic nitrogens is 3. The Kier molecular flexibility index (Phi) is 1.88. The third kappa shape index (κ3) is 1.20. The van der Waals surface area contributed by atoms with Crippen LogP contribution in [-0.4, -0.2) is 15.0 Å². The van der Waals surface area contributed by atoms with E-state index in [0.29, 0.717) is 16.2 Å². The Bertz CT molecular complexity index is 705. The van der Waals surface area contributed by atoms with Gasteiger partial charge in [0.1, 0.15) is 22.9 Å². The van der Waals surface area contributed by atoms with Crippen LogP contribution >= 0.6 is 11.6 Å². The van der Waals surface area contributed by atoms with Crippen molar-refractivity contribution in [2.24, 2.45) is 0 Å². The molecule has 0 saturated heterocycles. The molecule has 0 aliphatic rings. The van der Waals surface area contributed by atoms with E-state index in [1.165, 1.54) is 18.5 Å². The molecule has 1 N–H and O–H groups in total. The summed E-state index contributed by atoms with van der Waals surface area (Å²) in [6.45, 7) is 1.84. The van der Waals surface area contributed by atoms with Gasteiger partial charge in [-0.3, -0.25) is 0 Å². The summed E-state index contributed by atoms with van der Waals surface area (Å²) in [5.74, 6) is -0.286. The molecular formula is C11H7ClFN3. The molecule has 0 saturated carbocycles. The second-order valence-electron chi connectivity index (χ2n) is 3.66. The van der Waals surface area contributed by atoms with E-state index in [0.717, 1.165) is 16.5 Å². The van der Waals surface area contributed by atoms with Gasteiger partial charge in [-0.25, -0.2) is 14.4 Å². The lowest BCUT2D eigenvalue weighted by molar-refractivity contribution is 0.628. The van der Waals surface area contributed by atoms with E-state index >= 15 is 0 Å². The average Bonchev–Trinajstić information content (AvgIpc) is 2.58. The number of benzene rings is 1. The number of H-pyrrole nitrogens is 1. The summed E-state index contributed by atoms with van der Waals surface area (Å²) >= 11 is 5.99. The highest BCUT2D eigenvalue weighted by molar-refractivity contribution is 6.36. The SMILES string of the molecule is Cc1cc(F)cc2c1[nH]c1ncnc(Cl)c12. The smallest absolute Gasteiger partial charge is 0.143 e. The van der Waals surface area contributed by atoms with Crippen molar-refractivity contribution in [2.45, 2.75) is 6.92 Å². The van der Waals surface area contributed by atoms with Gasteiger partial charge in [0.05, 0.1) is 10.9 Å². The van der Waals surface area contributed by atoms with Gasteiger partial charge in [0.25, 0.3) is 0 Å². The summed E-state index contributed by atoms with van der Waals surface area (Å²) in [7, 11) is 0. The van der Waals surface area contributed by atoms with Gasteiger partial charge in [-0.2, -0.15) is 0 Å². The summed E-state index contributed by atoms with van der Waals surface area (Å²) in [5, 5.41) is 1.72. The van der Waals surface area contributed by atoms with Gasteiger partial charge in [0.15, 0.2) is 0 Å². The minimum atomic E-state index is -0.286. The van der Waals surface area contributed by atoms with Crippen molar-refractivity contribution in [3.8, 4) is 0 Å². The summed E-state index contributed by atoms with van der Waals surface area (Å²) < 4.78 is 13.3. The third-order valence-electron chi connectivity index (χ3n) is 2.61. The standard InChI is InChI=1S/C11H7ClFN3/c1-5-2-6(13)3-7-8-10(12)14-4-15-11(8)16-9(5)7/h2-4H,1H3,(H,14,15,16). The zero-order chi connectivity index (χ0) is 11.3. The summed E-state index contributed by atoms with van der Waals surface area (Å²) in [6, 6.07) is 2.91. The highest BCUT2D eigenvalue weighted by Crippen LogP contribution is 2.30. The van der Waals surface area contributed by atoms with Crippen LogP contribution in [0.4, 0.5) is 4.39 Å². The first-order valence-corrected chi connectivity index (χ1v) is 5.12. The molecule has 0 unspecified atom stereocenters. The lowest BCUT2D eigenvalue weighted by Crippen LogP contribution is -1.80. The molecule has 0 aliphatic carbocycles. The largest absolute Gasteiger partial charge is 0.339 e. The summed E-state index contributed by atoms with van der Waals surface area (Å²) in [6.07, 6.45) is 1.38. The molecule has 3 rings (SSSR count). The van der Waals surface area contributed by atoms with Gasteiger partial charge in [-0.15, -0.1) is 0 Å². The van der Waals surface area contributed by atoms with Gasteiger partial charge in [-0.1, -0.05) is 11.6 Å². The number of fused-ring (bicyclic) bond motifs is 3. The molecule has 5 heteroatoms. The number of nitrogens with zero attached hydrogens (tertiary/aromatic N) is 2. The highest BCUT2D eigenvalue weighted by Gasteiger charge is 2.12. The van der Waals surface area contributed by atoms with Crippen LogP contribution in [0.3, 0.4) is 0 Å². The Morgan fingerprint density at radius 3 is 2.94 bits per heavy atom. The van der Waals surface area contributed by atoms with Gasteiger partial charge >= 0.3 is 0 Å². The van der Waals surface area contributed by atoms with Crippen molar-refractivity contribution in [1.29, 1.82) is 0 Å². The van der Waals surface area contributed by atoms with Crippen molar-refractivity contribution in [2.75, 3.05) is 0 Å². The van der Waals surface area contributed by atoms with Crippen LogP contribution in [0.1, 0.15) is 5.56 Å². The number of halogens is 2. The fraction of sp³-hybridized carbons (Fsp3) is 0.0909. The van der Waals surface area contributed by atoms with E-state index in [2.05, 4.69) is 15.0 Å². The van der Waals surface area contributed by atoms with Crippen LogP contribution in [0.2, 0.25) is 5.15 Å². The predicted octanol–water partition coefficient (Wildman–Crippen LogP) is 3.21. The van der Waals surface area contributed by atoms with Crippen molar-refractivity contribution in [1.82, 2.24) is 15.0 Å². The van der Waals surface area contributed by atoms with E-state index in [-0.39, 0.29) is 5.82 Å². The zero-order valence-electron chi connectivity index (χ0n) is 8.38. The third-order valence-corrected chi connectivity index (χ3v) is 2.90. The monoisotopic (exact) mass is 235 g/mol. The maximum atomic E-state index is 13.3. The van der Waals surface area contributed by atoms with Gasteiger partial charge in [-0.05, 0) is 24.6 Å². The van der Waals surface area contributed by atoms with E-state index in [1.807, 2.05) is 6.92 Å². The molecular weight excluding hydrogens is 229 g/mol. The molecule has 16 heavy (non-hydrogen) atoms. The lowest BCUT2D eigenvalue weighted by Gasteiger charge is -1.96. The van der Waals surface area contributed by atoms with E-state index in [9.17, 15) is 4.39 Å². The van der Waals surface area contributed by atoms with E-state index in [1.54, 1.807) is 0 Å². The van der Waals surface area contributed by atoms with Crippen LogP contribution in [0, 0.1) is 12.7 Å². The second-order valence-corrected chi connectivity index (χ2v) is 4.02. The first-order chi connectivity index (χ1) is 7.66. The fourth-order valence-corrected chi connectivity index (χ4v) is 2.16. The Balaban J connectivity index is 2.63. The summed E-state index contributed by atoms with van der Waals surface area (Å²) in [4.78, 5) is 11.1. The minimum absolute atomic E-state index is 0.286. The first-order valence-electron chi connectivity index (χ1n) is 4.75. The summed E-state index contributed by atoms with van der Waals surface area (Å²) in [5.41, 5.74) is 2.30. The van der Waals surface area contributed by atoms with Crippen molar-refractivity contribution < 1.29 is 4.39 Å². The van der Waals surface area contributed by atoms with Crippen molar-refractivity contribution in [3.05, 3.63) is 35.0 Å². The number of aromatic amines is 1. The fourth-order valence-electron chi connectivity index (χ4n) is 1.92. The Morgan fingerprint density at radius 1 is 1.31 bits per heavy atom. The molecule has 3 nitrogen and oxygen atoms in total. The molecule has 0 bridgehead atoms. The zero-order valence-corrected chi connectivity index (χ0v) is 9.14. The van der Waals surface area contributed by atoms with Crippen LogP contribution < -0.4 is 0 Å². The Morgan fingerprint density at radius 2 is 2.12 bits per heavy atom. The molecule has 0 radical (unpaired) electrons. The van der Waals surface area contributed by atoms with Crippen LogP contribution in [0.15, 0.2) is 18.5 Å². The number of nitrogens with one attached hydrogen (secondary N) is 1. The second kappa shape index (κ2) is 3.15. The molecule has 1 aromatic carbocycles. The molecule has 3 aromatic rings. The molecule has 0 atom stereocenters. The lowest BCUT2D eigenvalue weighted by atomic mass is 10.1. The van der Waals surface area contributed by atoms with E-state index in [4.69, 9.17) is 11.6 Å². The molecule has 2 heterocycles. The highest BCUT2D eigenvalue weighted by atomic mass is 35.5. The number of aryl methyl sites for hydroxylation is 1. The quantitative estimate of drug-likeness (QED) is 0.608. The van der Waals surface area contributed by atoms with Crippen molar-refractivity contribution >= 4 is 33.5 Å². The maximum absolute atomic E-state index is 13.3. The minimum Gasteiger partial charge on any atom is -0.339 e. The predicted molar refractivity (Wildman–Crippen MR) is 61.1 cm³/mol. The number of rotatable bonds is 0. The molecule has 0 spiro atoms. The van der Waals surface area contributed by atoms with Crippen LogP contribution in [-0.2, 0) is 0 Å². The van der Waals surface area contributed by atoms with Crippen LogP contribution in [0.25, 0.3) is 21.9 Å². The van der Waals surface area contributed by atoms with Gasteiger partial charge in [0.2, 0.25) is 0 Å². The molecule has 80 valence electrons. The maximum Gasteiger partial charge on any atom is 0.143 e. The van der Waals surface area contributed by atoms with Gasteiger partial charge in [0, 0.05) is 5.39 Å².